The van der Waals surface area contributed by atoms with Gasteiger partial charge in [-0.05, 0) is 48.9 Å². The second kappa shape index (κ2) is 9.26. The normalized spacial score (nSPS) is 13.5. The van der Waals surface area contributed by atoms with E-state index in [1.54, 1.807) is 48.5 Å². The Morgan fingerprint density at radius 1 is 1.17 bits per heavy atom. The van der Waals surface area contributed by atoms with Crippen LogP contribution in [0.5, 0.6) is 5.75 Å². The maximum absolute atomic E-state index is 12.2. The van der Waals surface area contributed by atoms with Gasteiger partial charge in [0.2, 0.25) is 15.9 Å². The highest BCUT2D eigenvalue weighted by atomic mass is 35.5. The molecule has 6 nitrogen and oxygen atoms in total. The van der Waals surface area contributed by atoms with Crippen LogP contribution in [0.3, 0.4) is 0 Å². The van der Waals surface area contributed by atoms with Gasteiger partial charge < -0.3 is 10.1 Å². The average molecular weight is 433 g/mol. The highest BCUT2D eigenvalue weighted by Crippen LogP contribution is 2.29. The van der Waals surface area contributed by atoms with E-state index in [-0.39, 0.29) is 23.9 Å². The maximum Gasteiger partial charge on any atom is 0.244 e. The molecule has 2 aromatic carbocycles. The van der Waals surface area contributed by atoms with Gasteiger partial charge in [0.25, 0.3) is 0 Å². The summed E-state index contributed by atoms with van der Waals surface area (Å²) in [5.41, 5.74) is 2.66. The number of sulfonamides is 1. The third kappa shape index (κ3) is 5.93. The second-order valence-electron chi connectivity index (χ2n) is 6.53. The number of carbonyl (C=O) groups is 1. The quantitative estimate of drug-likeness (QED) is 0.520. The minimum absolute atomic E-state index is 0.0907. The summed E-state index contributed by atoms with van der Waals surface area (Å²) >= 11 is 5.99. The van der Waals surface area contributed by atoms with Gasteiger partial charge in [0.15, 0.2) is 0 Å². The fourth-order valence-corrected chi connectivity index (χ4v) is 3.89. The van der Waals surface area contributed by atoms with Crippen molar-refractivity contribution in [2.45, 2.75) is 11.8 Å². The SMILES string of the molecule is Cc1ccc(S(=O)(=O)NCCNC(=O)/C=C/C2=Cc3cc(Cl)ccc3OC2)cc1. The van der Waals surface area contributed by atoms with E-state index < -0.39 is 10.0 Å². The molecule has 1 amide bonds. The van der Waals surface area contributed by atoms with Gasteiger partial charge >= 0.3 is 0 Å². The molecule has 3 rings (SSSR count). The monoisotopic (exact) mass is 432 g/mol. The number of rotatable bonds is 7. The molecule has 0 spiro atoms. The number of hydrogen-bond donors (Lipinski definition) is 2. The van der Waals surface area contributed by atoms with Gasteiger partial charge in [0.05, 0.1) is 4.90 Å². The van der Waals surface area contributed by atoms with Crippen molar-refractivity contribution in [3.05, 3.63) is 76.3 Å². The van der Waals surface area contributed by atoms with E-state index in [0.717, 1.165) is 22.4 Å². The zero-order valence-corrected chi connectivity index (χ0v) is 17.4. The van der Waals surface area contributed by atoms with Crippen LogP contribution >= 0.6 is 11.6 Å². The van der Waals surface area contributed by atoms with E-state index in [0.29, 0.717) is 11.6 Å². The standard InChI is InChI=1S/C21H21ClN2O4S/c1-15-2-6-19(7-3-15)29(26,27)24-11-10-23-21(25)9-4-16-12-17-13-18(22)5-8-20(17)28-14-16/h2-9,12-13,24H,10-11,14H2,1H3,(H,23,25)/b9-4+. The molecular formula is C21H21ClN2O4S. The Morgan fingerprint density at radius 2 is 1.93 bits per heavy atom. The predicted molar refractivity (Wildman–Crippen MR) is 113 cm³/mol. The number of ether oxygens (including phenoxy) is 1. The number of benzene rings is 2. The predicted octanol–water partition coefficient (Wildman–Crippen LogP) is 3.08. The van der Waals surface area contributed by atoms with E-state index in [1.807, 2.05) is 13.0 Å². The first-order chi connectivity index (χ1) is 13.8. The van der Waals surface area contributed by atoms with Crippen LogP contribution in [0.4, 0.5) is 0 Å². The van der Waals surface area contributed by atoms with Crippen LogP contribution in [0.25, 0.3) is 6.08 Å². The molecular weight excluding hydrogens is 412 g/mol. The number of hydrogen-bond acceptors (Lipinski definition) is 4. The second-order valence-corrected chi connectivity index (χ2v) is 8.73. The van der Waals surface area contributed by atoms with Crippen molar-refractivity contribution in [3.63, 3.8) is 0 Å². The number of nitrogens with one attached hydrogen (secondary N) is 2. The van der Waals surface area contributed by atoms with Gasteiger partial charge in [0, 0.05) is 29.8 Å². The molecule has 0 radical (unpaired) electrons. The minimum Gasteiger partial charge on any atom is -0.488 e. The summed E-state index contributed by atoms with van der Waals surface area (Å²) in [6.45, 7) is 2.50. The molecule has 1 aliphatic rings. The molecule has 2 aromatic rings. The molecule has 0 saturated heterocycles. The third-order valence-corrected chi connectivity index (χ3v) is 5.92. The first kappa shape index (κ1) is 21.1. The van der Waals surface area contributed by atoms with Crippen LogP contribution in [0.2, 0.25) is 5.02 Å². The lowest BCUT2D eigenvalue weighted by Gasteiger charge is -2.16. The minimum atomic E-state index is -3.59. The Bertz CT molecular complexity index is 1060. The lowest BCUT2D eigenvalue weighted by molar-refractivity contribution is -0.116. The van der Waals surface area contributed by atoms with Crippen molar-refractivity contribution in [3.8, 4) is 5.75 Å². The lowest BCUT2D eigenvalue weighted by atomic mass is 10.1. The Labute approximate surface area is 175 Å². The Kier molecular flexibility index (Phi) is 6.74. The summed E-state index contributed by atoms with van der Waals surface area (Å²) in [5, 5.41) is 3.25. The van der Waals surface area contributed by atoms with Crippen LogP contribution in [-0.4, -0.2) is 34.0 Å². The molecule has 0 aliphatic carbocycles. The van der Waals surface area contributed by atoms with E-state index in [2.05, 4.69) is 10.0 Å². The molecule has 2 N–H and O–H groups in total. The highest BCUT2D eigenvalue weighted by Gasteiger charge is 2.13. The van der Waals surface area contributed by atoms with Crippen molar-refractivity contribution < 1.29 is 17.9 Å². The summed E-state index contributed by atoms with van der Waals surface area (Å²) in [7, 11) is -3.59. The number of carbonyl (C=O) groups excluding carboxylic acids is 1. The molecule has 29 heavy (non-hydrogen) atoms. The molecule has 0 bridgehead atoms. The van der Waals surface area contributed by atoms with Crippen LogP contribution in [0.15, 0.2) is 65.1 Å². The fraction of sp³-hybridized carbons (Fsp3) is 0.190. The third-order valence-electron chi connectivity index (χ3n) is 4.20. The summed E-state index contributed by atoms with van der Waals surface area (Å²) in [4.78, 5) is 12.1. The summed E-state index contributed by atoms with van der Waals surface area (Å²) in [6, 6.07) is 11.9. The summed E-state index contributed by atoms with van der Waals surface area (Å²) in [5.74, 6) is 0.425. The van der Waals surface area contributed by atoms with E-state index >= 15 is 0 Å². The molecule has 152 valence electrons. The average Bonchev–Trinajstić information content (AvgIpc) is 2.69. The zero-order valence-electron chi connectivity index (χ0n) is 15.8. The molecule has 8 heteroatoms. The smallest absolute Gasteiger partial charge is 0.244 e. The fourth-order valence-electron chi connectivity index (χ4n) is 2.68. The lowest BCUT2D eigenvalue weighted by Crippen LogP contribution is -2.34. The van der Waals surface area contributed by atoms with Crippen molar-refractivity contribution in [1.29, 1.82) is 0 Å². The van der Waals surface area contributed by atoms with Crippen LogP contribution in [-0.2, 0) is 14.8 Å². The van der Waals surface area contributed by atoms with Crippen LogP contribution in [0.1, 0.15) is 11.1 Å². The van der Waals surface area contributed by atoms with Gasteiger partial charge in [-0.1, -0.05) is 35.4 Å². The molecule has 0 atom stereocenters. The Morgan fingerprint density at radius 3 is 2.69 bits per heavy atom. The first-order valence-electron chi connectivity index (χ1n) is 8.99. The van der Waals surface area contributed by atoms with Crippen molar-refractivity contribution in [1.82, 2.24) is 10.0 Å². The van der Waals surface area contributed by atoms with E-state index in [1.165, 1.54) is 6.08 Å². The molecule has 1 heterocycles. The van der Waals surface area contributed by atoms with Crippen molar-refractivity contribution in [2.24, 2.45) is 0 Å². The zero-order chi connectivity index (χ0) is 20.9. The van der Waals surface area contributed by atoms with Gasteiger partial charge in [-0.2, -0.15) is 0 Å². The molecule has 0 aromatic heterocycles. The molecule has 0 unspecified atom stereocenters. The van der Waals surface area contributed by atoms with Crippen molar-refractivity contribution in [2.75, 3.05) is 19.7 Å². The number of fused-ring (bicyclic) bond motifs is 1. The van der Waals surface area contributed by atoms with E-state index in [4.69, 9.17) is 16.3 Å². The topological polar surface area (TPSA) is 84.5 Å². The molecule has 0 saturated carbocycles. The Hall–Kier alpha value is -2.61. The van der Waals surface area contributed by atoms with Gasteiger partial charge in [-0.3, -0.25) is 4.79 Å². The number of aryl methyl sites for hydroxylation is 1. The van der Waals surface area contributed by atoms with Gasteiger partial charge in [-0.15, -0.1) is 0 Å². The first-order valence-corrected chi connectivity index (χ1v) is 10.8. The highest BCUT2D eigenvalue weighted by molar-refractivity contribution is 7.89. The van der Waals surface area contributed by atoms with Gasteiger partial charge in [0.1, 0.15) is 12.4 Å². The largest absolute Gasteiger partial charge is 0.488 e. The summed E-state index contributed by atoms with van der Waals surface area (Å²) in [6.07, 6.45) is 4.96. The molecule has 1 aliphatic heterocycles. The Balaban J connectivity index is 1.47. The summed E-state index contributed by atoms with van der Waals surface area (Å²) < 4.78 is 32.4. The van der Waals surface area contributed by atoms with Crippen LogP contribution in [0, 0.1) is 6.92 Å². The van der Waals surface area contributed by atoms with Crippen LogP contribution < -0.4 is 14.8 Å². The number of amides is 1. The van der Waals surface area contributed by atoms with Gasteiger partial charge in [-0.25, -0.2) is 13.1 Å². The molecule has 0 fully saturated rings. The van der Waals surface area contributed by atoms with E-state index in [9.17, 15) is 13.2 Å². The van der Waals surface area contributed by atoms with Crippen molar-refractivity contribution >= 4 is 33.6 Å². The maximum atomic E-state index is 12.2. The number of halogens is 1.